The van der Waals surface area contributed by atoms with Gasteiger partial charge in [-0.2, -0.15) is 18.8 Å². The van der Waals surface area contributed by atoms with E-state index in [0.717, 1.165) is 0 Å². The maximum atomic E-state index is 11.3. The minimum Gasteiger partial charge on any atom is -0.360 e. The molecule has 34 heavy (non-hydrogen) atoms. The first kappa shape index (κ1) is 23.2. The third kappa shape index (κ3) is 4.07. The topological polar surface area (TPSA) is 178 Å². The minimum absolute atomic E-state index is 0.122. The van der Waals surface area contributed by atoms with E-state index < -0.39 is 16.3 Å². The van der Waals surface area contributed by atoms with Crippen LogP contribution in [0, 0.1) is 11.3 Å². The number of aliphatic hydroxyl groups is 1. The van der Waals surface area contributed by atoms with Crippen molar-refractivity contribution < 1.29 is 22.8 Å². The van der Waals surface area contributed by atoms with Gasteiger partial charge in [0.15, 0.2) is 17.7 Å². The number of nitrogens with zero attached hydrogens (tertiary/aromatic N) is 8. The quantitative estimate of drug-likeness (QED) is 0.221. The van der Waals surface area contributed by atoms with Crippen molar-refractivity contribution in [2.75, 3.05) is 0 Å². The van der Waals surface area contributed by atoms with Crippen molar-refractivity contribution in [2.45, 2.75) is 44.2 Å². The normalized spacial score (nSPS) is 13.6. The van der Waals surface area contributed by atoms with Gasteiger partial charge in [0.25, 0.3) is 10.1 Å². The lowest BCUT2D eigenvalue weighted by molar-refractivity contribution is -0.817. The van der Waals surface area contributed by atoms with E-state index in [2.05, 4.69) is 25.4 Å². The molecule has 1 unspecified atom stereocenters. The zero-order valence-electron chi connectivity index (χ0n) is 18.7. The molecule has 0 spiro atoms. The van der Waals surface area contributed by atoms with Crippen LogP contribution in [-0.2, 0) is 15.5 Å². The third-order valence-corrected chi connectivity index (χ3v) is 5.89. The van der Waals surface area contributed by atoms with Gasteiger partial charge in [0.1, 0.15) is 17.3 Å². The molecule has 176 valence electrons. The summed E-state index contributed by atoms with van der Waals surface area (Å²) in [6.45, 7) is 7.53. The lowest BCUT2D eigenvalue weighted by atomic mass is 9.91. The van der Waals surface area contributed by atoms with E-state index in [9.17, 15) is 23.3 Å². The number of nitrogens with one attached hydrogen (secondary N) is 1. The number of rotatable bonds is 5. The standard InChI is InChI=1S/C20H21N9O4S/c1-12(30)27-11-22-19-16(17(20(2,3)4)26-29(19)27)24-25-18-13(9-21)10-23-28(18)14-5-7-15(8-6-14)34(31,32)33/h5-8,10-12,30H,1-4H3,(H,31,32,33)/p+1. The van der Waals surface area contributed by atoms with Crippen molar-refractivity contribution in [3.63, 3.8) is 0 Å². The van der Waals surface area contributed by atoms with Crippen LogP contribution < -0.4 is 4.68 Å². The van der Waals surface area contributed by atoms with Crippen molar-refractivity contribution in [3.8, 4) is 11.8 Å². The summed E-state index contributed by atoms with van der Waals surface area (Å²) in [5.74, 6) is 0.122. The maximum absolute atomic E-state index is 11.3. The second-order valence-electron chi connectivity index (χ2n) is 8.55. The van der Waals surface area contributed by atoms with Crippen LogP contribution in [0.4, 0.5) is 11.5 Å². The molecule has 0 fully saturated rings. The van der Waals surface area contributed by atoms with Gasteiger partial charge in [-0.15, -0.1) is 14.9 Å². The maximum Gasteiger partial charge on any atom is 0.301 e. The summed E-state index contributed by atoms with van der Waals surface area (Å²) in [6.07, 6.45) is 1.94. The molecule has 0 amide bonds. The van der Waals surface area contributed by atoms with Crippen LogP contribution in [0.2, 0.25) is 0 Å². The Morgan fingerprint density at radius 2 is 1.91 bits per heavy atom. The van der Waals surface area contributed by atoms with Crippen molar-refractivity contribution in [1.82, 2.24) is 24.5 Å². The number of H-pyrrole nitrogens is 1. The second kappa shape index (κ2) is 8.13. The molecule has 0 saturated heterocycles. The molecular weight excluding hydrogens is 462 g/mol. The number of aliphatic hydroxyl groups excluding tert-OH is 1. The summed E-state index contributed by atoms with van der Waals surface area (Å²) in [6, 6.07) is 7.29. The van der Waals surface area contributed by atoms with Crippen LogP contribution in [0.15, 0.2) is 51.9 Å². The molecular formula is C20H22N9O4S+. The second-order valence-corrected chi connectivity index (χ2v) is 9.97. The van der Waals surface area contributed by atoms with E-state index in [-0.39, 0.29) is 21.7 Å². The summed E-state index contributed by atoms with van der Waals surface area (Å²) < 4.78 is 36.2. The average molecular weight is 485 g/mol. The Labute approximate surface area is 194 Å². The number of benzene rings is 1. The molecule has 1 aromatic carbocycles. The molecule has 0 aliphatic rings. The highest BCUT2D eigenvalue weighted by atomic mass is 32.2. The van der Waals surface area contributed by atoms with Gasteiger partial charge in [-0.3, -0.25) is 4.55 Å². The fourth-order valence-electron chi connectivity index (χ4n) is 3.32. The van der Waals surface area contributed by atoms with Crippen LogP contribution in [0.25, 0.3) is 11.3 Å². The molecule has 0 radical (unpaired) electrons. The van der Waals surface area contributed by atoms with Crippen LogP contribution in [-0.4, -0.2) is 42.6 Å². The highest BCUT2D eigenvalue weighted by Crippen LogP contribution is 2.35. The van der Waals surface area contributed by atoms with Gasteiger partial charge in [0, 0.05) is 5.41 Å². The molecule has 4 rings (SSSR count). The lowest BCUT2D eigenvalue weighted by Gasteiger charge is -2.14. The largest absolute Gasteiger partial charge is 0.360 e. The van der Waals surface area contributed by atoms with E-state index in [4.69, 9.17) is 0 Å². The molecule has 13 nitrogen and oxygen atoms in total. The first-order valence-electron chi connectivity index (χ1n) is 10.1. The van der Waals surface area contributed by atoms with Gasteiger partial charge in [-0.25, -0.2) is 9.78 Å². The Bertz CT molecular complexity index is 1550. The van der Waals surface area contributed by atoms with Gasteiger partial charge in [0.2, 0.25) is 6.33 Å². The predicted molar refractivity (Wildman–Crippen MR) is 118 cm³/mol. The molecule has 0 aliphatic heterocycles. The smallest absolute Gasteiger partial charge is 0.301 e. The minimum atomic E-state index is -4.35. The highest BCUT2D eigenvalue weighted by molar-refractivity contribution is 7.85. The molecule has 4 aromatic rings. The van der Waals surface area contributed by atoms with E-state index in [0.29, 0.717) is 22.7 Å². The van der Waals surface area contributed by atoms with Crippen LogP contribution in [0.1, 0.15) is 45.2 Å². The molecule has 1 atom stereocenters. The molecule has 3 heterocycles. The van der Waals surface area contributed by atoms with E-state index in [1.165, 1.54) is 46.2 Å². The van der Waals surface area contributed by atoms with Crippen molar-refractivity contribution in [1.29, 1.82) is 5.26 Å². The van der Waals surface area contributed by atoms with Crippen LogP contribution >= 0.6 is 0 Å². The van der Waals surface area contributed by atoms with Gasteiger partial charge in [-0.05, 0) is 31.2 Å². The van der Waals surface area contributed by atoms with Gasteiger partial charge >= 0.3 is 5.65 Å². The summed E-state index contributed by atoms with van der Waals surface area (Å²) in [5.41, 5.74) is 1.73. The molecule has 3 aromatic heterocycles. The SMILES string of the molecule is CC(O)[n+]1cnc2c(N=Nc3c(C#N)cnn3-c3ccc(S(=O)(=O)O)cc3)c(C(C)(C)C)[nH]n21. The van der Waals surface area contributed by atoms with Crippen molar-refractivity contribution in [2.24, 2.45) is 10.2 Å². The fourth-order valence-corrected chi connectivity index (χ4v) is 3.80. The number of hydrogen-bond acceptors (Lipinski definition) is 8. The Morgan fingerprint density at radius 3 is 2.47 bits per heavy atom. The number of fused-ring (bicyclic) bond motifs is 1. The summed E-state index contributed by atoms with van der Waals surface area (Å²) >= 11 is 0. The third-order valence-electron chi connectivity index (χ3n) is 5.02. The van der Waals surface area contributed by atoms with Crippen molar-refractivity contribution in [3.05, 3.63) is 48.0 Å². The predicted octanol–water partition coefficient (Wildman–Crippen LogP) is 2.48. The van der Waals surface area contributed by atoms with Gasteiger partial charge in [-0.1, -0.05) is 30.4 Å². The number of aromatic nitrogens is 6. The summed E-state index contributed by atoms with van der Waals surface area (Å²) in [5, 5.41) is 35.6. The molecule has 3 N–H and O–H groups in total. The molecule has 0 saturated carbocycles. The monoisotopic (exact) mass is 484 g/mol. The van der Waals surface area contributed by atoms with Crippen LogP contribution in [0.5, 0.6) is 0 Å². The molecule has 14 heteroatoms. The fraction of sp³-hybridized carbons (Fsp3) is 0.300. The van der Waals surface area contributed by atoms with E-state index in [1.54, 1.807) is 11.6 Å². The zero-order valence-corrected chi connectivity index (χ0v) is 19.6. The number of nitriles is 1. The molecule has 0 aliphatic carbocycles. The number of hydrogen-bond donors (Lipinski definition) is 3. The Hall–Kier alpha value is -3.93. The Kier molecular flexibility index (Phi) is 5.56. The van der Waals surface area contributed by atoms with Gasteiger partial charge in [0.05, 0.1) is 16.8 Å². The Morgan fingerprint density at radius 1 is 1.24 bits per heavy atom. The van der Waals surface area contributed by atoms with E-state index in [1.807, 2.05) is 26.8 Å². The lowest BCUT2D eigenvalue weighted by Crippen LogP contribution is -2.43. The summed E-state index contributed by atoms with van der Waals surface area (Å²) in [7, 11) is -4.35. The Balaban J connectivity index is 1.84. The number of aromatic amines is 1. The van der Waals surface area contributed by atoms with E-state index >= 15 is 0 Å². The average Bonchev–Trinajstić information content (AvgIpc) is 3.44. The molecule has 0 bridgehead atoms. The zero-order chi connectivity index (χ0) is 24.8. The summed E-state index contributed by atoms with van der Waals surface area (Å²) in [4.78, 5) is 4.07. The van der Waals surface area contributed by atoms with Gasteiger partial charge < -0.3 is 5.11 Å². The number of azo groups is 1. The first-order chi connectivity index (χ1) is 15.9. The highest BCUT2D eigenvalue weighted by Gasteiger charge is 2.31. The van der Waals surface area contributed by atoms with Crippen molar-refractivity contribution >= 4 is 27.3 Å². The van der Waals surface area contributed by atoms with Crippen LogP contribution in [0.3, 0.4) is 0 Å². The first-order valence-corrected chi connectivity index (χ1v) is 11.5.